The Bertz CT molecular complexity index is 569. The highest BCUT2D eigenvalue weighted by Crippen LogP contribution is 2.21. The number of hydrogen-bond acceptors (Lipinski definition) is 3. The second-order valence-corrected chi connectivity index (χ2v) is 5.14. The van der Waals surface area contributed by atoms with Crippen LogP contribution >= 0.6 is 0 Å². The minimum absolute atomic E-state index is 0.0675. The van der Waals surface area contributed by atoms with Gasteiger partial charge in [-0.15, -0.1) is 0 Å². The zero-order chi connectivity index (χ0) is 15.2. The number of nitrogens with two attached hydrogens (primary N) is 1. The minimum atomic E-state index is -0.224. The average molecular weight is 287 g/mol. The van der Waals surface area contributed by atoms with Gasteiger partial charge in [-0.2, -0.15) is 0 Å². The van der Waals surface area contributed by atoms with Crippen LogP contribution in [-0.4, -0.2) is 23.0 Å². The van der Waals surface area contributed by atoms with Gasteiger partial charge in [-0.1, -0.05) is 25.1 Å². The van der Waals surface area contributed by atoms with Gasteiger partial charge in [0.2, 0.25) is 0 Å². The maximum absolute atomic E-state index is 13.1. The Morgan fingerprint density at radius 2 is 1.90 bits per heavy atom. The van der Waals surface area contributed by atoms with Crippen molar-refractivity contribution in [2.75, 3.05) is 13.1 Å². The lowest BCUT2D eigenvalue weighted by molar-refractivity contribution is 0.201. The summed E-state index contributed by atoms with van der Waals surface area (Å²) in [5.74, 6) is -0.224. The molecule has 0 aliphatic carbocycles. The van der Waals surface area contributed by atoms with E-state index in [2.05, 4.69) is 16.8 Å². The maximum Gasteiger partial charge on any atom is 0.123 e. The number of pyridine rings is 1. The molecule has 0 amide bonds. The van der Waals surface area contributed by atoms with Crippen LogP contribution in [0.5, 0.6) is 0 Å². The Labute approximate surface area is 125 Å². The molecule has 0 spiro atoms. The highest BCUT2D eigenvalue weighted by molar-refractivity contribution is 5.21. The lowest BCUT2D eigenvalue weighted by atomic mass is 10.0. The molecule has 2 aromatic rings. The smallest absolute Gasteiger partial charge is 0.123 e. The fraction of sp³-hybridized carbons (Fsp3) is 0.353. The molecule has 2 rings (SSSR count). The van der Waals surface area contributed by atoms with E-state index in [1.165, 1.54) is 12.1 Å². The summed E-state index contributed by atoms with van der Waals surface area (Å²) in [5, 5.41) is 0. The predicted molar refractivity (Wildman–Crippen MR) is 83.3 cm³/mol. The summed E-state index contributed by atoms with van der Waals surface area (Å²) in [5.41, 5.74) is 9.02. The van der Waals surface area contributed by atoms with Crippen LogP contribution in [0.15, 0.2) is 42.5 Å². The van der Waals surface area contributed by atoms with E-state index in [4.69, 9.17) is 5.73 Å². The van der Waals surface area contributed by atoms with E-state index < -0.39 is 0 Å². The van der Waals surface area contributed by atoms with Crippen molar-refractivity contribution in [1.29, 1.82) is 0 Å². The first kappa shape index (κ1) is 15.6. The van der Waals surface area contributed by atoms with Crippen LogP contribution in [0.3, 0.4) is 0 Å². The zero-order valence-electron chi connectivity index (χ0n) is 12.6. The number of aromatic nitrogens is 1. The van der Waals surface area contributed by atoms with Crippen molar-refractivity contribution in [1.82, 2.24) is 9.88 Å². The second-order valence-electron chi connectivity index (χ2n) is 5.14. The van der Waals surface area contributed by atoms with Gasteiger partial charge in [0.05, 0.1) is 5.69 Å². The van der Waals surface area contributed by atoms with Crippen LogP contribution in [-0.2, 0) is 6.54 Å². The summed E-state index contributed by atoms with van der Waals surface area (Å²) in [7, 11) is 0. The first-order valence-corrected chi connectivity index (χ1v) is 7.26. The quantitative estimate of drug-likeness (QED) is 0.888. The monoisotopic (exact) mass is 287 g/mol. The minimum Gasteiger partial charge on any atom is -0.329 e. The molecule has 3 nitrogen and oxygen atoms in total. The number of nitrogens with zero attached hydrogens (tertiary/aromatic N) is 2. The number of benzene rings is 1. The van der Waals surface area contributed by atoms with Gasteiger partial charge in [0, 0.05) is 24.8 Å². The van der Waals surface area contributed by atoms with Gasteiger partial charge in [0.15, 0.2) is 0 Å². The fourth-order valence-electron chi connectivity index (χ4n) is 2.52. The Balaban J connectivity index is 2.19. The highest BCUT2D eigenvalue weighted by Gasteiger charge is 2.18. The lowest BCUT2D eigenvalue weighted by Crippen LogP contribution is -2.33. The predicted octanol–water partition coefficient (Wildman–Crippen LogP) is 3.05. The van der Waals surface area contributed by atoms with Crippen molar-refractivity contribution in [3.63, 3.8) is 0 Å². The molecule has 2 N–H and O–H groups in total. The summed E-state index contributed by atoms with van der Waals surface area (Å²) in [6, 6.07) is 12.7. The Morgan fingerprint density at radius 3 is 2.48 bits per heavy atom. The molecule has 0 saturated carbocycles. The van der Waals surface area contributed by atoms with E-state index in [0.717, 1.165) is 30.0 Å². The third-order valence-electron chi connectivity index (χ3n) is 3.64. The third-order valence-corrected chi connectivity index (χ3v) is 3.64. The number of rotatable bonds is 6. The summed E-state index contributed by atoms with van der Waals surface area (Å²) < 4.78 is 13.1. The van der Waals surface area contributed by atoms with Crippen LogP contribution in [0.25, 0.3) is 0 Å². The maximum atomic E-state index is 13.1. The van der Waals surface area contributed by atoms with Crippen LogP contribution in [0.1, 0.15) is 29.9 Å². The summed E-state index contributed by atoms with van der Waals surface area (Å²) >= 11 is 0. The first-order chi connectivity index (χ1) is 10.1. The van der Waals surface area contributed by atoms with E-state index in [9.17, 15) is 4.39 Å². The highest BCUT2D eigenvalue weighted by atomic mass is 19.1. The van der Waals surface area contributed by atoms with Gasteiger partial charge < -0.3 is 5.73 Å². The molecule has 1 atom stereocenters. The normalized spacial score (nSPS) is 12.6. The molecule has 21 heavy (non-hydrogen) atoms. The fourth-order valence-corrected chi connectivity index (χ4v) is 2.52. The summed E-state index contributed by atoms with van der Waals surface area (Å²) in [6.07, 6.45) is 0. The van der Waals surface area contributed by atoms with Gasteiger partial charge in [-0.25, -0.2) is 4.39 Å². The number of halogens is 1. The SMILES string of the molecule is CCN(Cc1cccc(C)n1)C(CN)c1ccc(F)cc1. The molecule has 1 aromatic heterocycles. The Hall–Kier alpha value is -1.78. The van der Waals surface area contributed by atoms with Crippen LogP contribution < -0.4 is 5.73 Å². The molecule has 4 heteroatoms. The van der Waals surface area contributed by atoms with Crippen molar-refractivity contribution in [2.24, 2.45) is 5.73 Å². The molecule has 0 bridgehead atoms. The van der Waals surface area contributed by atoms with Crippen molar-refractivity contribution in [3.05, 3.63) is 65.2 Å². The molecule has 0 saturated heterocycles. The molecule has 0 fully saturated rings. The number of hydrogen-bond donors (Lipinski definition) is 1. The van der Waals surface area contributed by atoms with Crippen molar-refractivity contribution < 1.29 is 4.39 Å². The van der Waals surface area contributed by atoms with Crippen LogP contribution in [0, 0.1) is 12.7 Å². The average Bonchev–Trinajstić information content (AvgIpc) is 2.49. The summed E-state index contributed by atoms with van der Waals surface area (Å²) in [6.45, 7) is 6.17. The van der Waals surface area contributed by atoms with Crippen LogP contribution in [0.4, 0.5) is 4.39 Å². The molecule has 0 radical (unpaired) electrons. The van der Waals surface area contributed by atoms with Gasteiger partial charge in [-0.3, -0.25) is 9.88 Å². The van der Waals surface area contributed by atoms with E-state index in [1.54, 1.807) is 12.1 Å². The van der Waals surface area contributed by atoms with E-state index in [1.807, 2.05) is 25.1 Å². The van der Waals surface area contributed by atoms with Crippen molar-refractivity contribution >= 4 is 0 Å². The third kappa shape index (κ3) is 4.09. The van der Waals surface area contributed by atoms with Gasteiger partial charge in [0.1, 0.15) is 5.82 Å². The molecule has 1 unspecified atom stereocenters. The molecule has 0 aliphatic heterocycles. The molecular formula is C17H22FN3. The van der Waals surface area contributed by atoms with Gasteiger partial charge >= 0.3 is 0 Å². The largest absolute Gasteiger partial charge is 0.329 e. The van der Waals surface area contributed by atoms with Gasteiger partial charge in [-0.05, 0) is 43.3 Å². The number of likely N-dealkylation sites (N-methyl/N-ethyl adjacent to an activating group) is 1. The summed E-state index contributed by atoms with van der Waals surface area (Å²) in [4.78, 5) is 6.80. The molecule has 0 aliphatic rings. The van der Waals surface area contributed by atoms with Crippen LogP contribution in [0.2, 0.25) is 0 Å². The molecular weight excluding hydrogens is 265 g/mol. The zero-order valence-corrected chi connectivity index (χ0v) is 12.6. The second kappa shape index (κ2) is 7.29. The topological polar surface area (TPSA) is 42.2 Å². The standard InChI is InChI=1S/C17H22FN3/c1-3-21(12-16-6-4-5-13(2)20-16)17(11-19)14-7-9-15(18)10-8-14/h4-10,17H,3,11-12,19H2,1-2H3. The van der Waals surface area contributed by atoms with Crippen molar-refractivity contribution in [2.45, 2.75) is 26.4 Å². The van der Waals surface area contributed by atoms with E-state index in [-0.39, 0.29) is 11.9 Å². The first-order valence-electron chi connectivity index (χ1n) is 7.26. The Morgan fingerprint density at radius 1 is 1.19 bits per heavy atom. The van der Waals surface area contributed by atoms with Crippen molar-refractivity contribution in [3.8, 4) is 0 Å². The van der Waals surface area contributed by atoms with E-state index >= 15 is 0 Å². The van der Waals surface area contributed by atoms with E-state index in [0.29, 0.717) is 6.54 Å². The van der Waals surface area contributed by atoms with Gasteiger partial charge in [0.25, 0.3) is 0 Å². The molecule has 1 aromatic carbocycles. The molecule has 112 valence electrons. The molecule has 1 heterocycles. The number of aryl methyl sites for hydroxylation is 1. The Kier molecular flexibility index (Phi) is 5.42. The lowest BCUT2D eigenvalue weighted by Gasteiger charge is -2.30.